The lowest BCUT2D eigenvalue weighted by molar-refractivity contribution is 1.44. The van der Waals surface area contributed by atoms with E-state index >= 15 is 0 Å². The van der Waals surface area contributed by atoms with E-state index in [4.69, 9.17) is 5.73 Å². The highest BCUT2D eigenvalue weighted by molar-refractivity contribution is 9.10. The topological polar surface area (TPSA) is 26.0 Å². The van der Waals surface area contributed by atoms with Gasteiger partial charge in [0.15, 0.2) is 0 Å². The third-order valence-electron chi connectivity index (χ3n) is 2.42. The molecule has 0 radical (unpaired) electrons. The molecule has 0 saturated carbocycles. The number of rotatable bonds is 4. The number of anilines is 1. The van der Waals surface area contributed by atoms with Crippen molar-refractivity contribution in [2.45, 2.75) is 4.90 Å². The minimum atomic E-state index is 0.822. The molecule has 18 heavy (non-hydrogen) atoms. The maximum absolute atomic E-state index is 5.94. The van der Waals surface area contributed by atoms with E-state index in [1.54, 1.807) is 11.8 Å². The molecule has 0 aliphatic carbocycles. The van der Waals surface area contributed by atoms with Gasteiger partial charge in [0.1, 0.15) is 0 Å². The second-order valence-electron chi connectivity index (χ2n) is 3.81. The van der Waals surface area contributed by atoms with E-state index in [0.29, 0.717) is 0 Å². The average molecular weight is 320 g/mol. The Labute approximate surface area is 120 Å². The van der Waals surface area contributed by atoms with E-state index in [1.807, 2.05) is 36.4 Å². The summed E-state index contributed by atoms with van der Waals surface area (Å²) in [7, 11) is 0. The SMILES string of the molecule is Nc1cc(Br)ccc1SC/C=C/c1ccccc1. The summed E-state index contributed by atoms with van der Waals surface area (Å²) in [6.07, 6.45) is 4.28. The summed E-state index contributed by atoms with van der Waals surface area (Å²) in [5, 5.41) is 0. The third kappa shape index (κ3) is 3.93. The maximum Gasteiger partial charge on any atom is 0.0463 e. The van der Waals surface area contributed by atoms with Crippen LogP contribution in [0.25, 0.3) is 6.08 Å². The summed E-state index contributed by atoms with van der Waals surface area (Å²) in [5.41, 5.74) is 7.99. The van der Waals surface area contributed by atoms with Crippen molar-refractivity contribution < 1.29 is 0 Å². The predicted octanol–water partition coefficient (Wildman–Crippen LogP) is 4.84. The van der Waals surface area contributed by atoms with Crippen molar-refractivity contribution in [2.75, 3.05) is 11.5 Å². The largest absolute Gasteiger partial charge is 0.398 e. The summed E-state index contributed by atoms with van der Waals surface area (Å²) >= 11 is 5.15. The molecule has 0 amide bonds. The molecule has 0 aliphatic heterocycles. The van der Waals surface area contributed by atoms with Crippen LogP contribution in [0.3, 0.4) is 0 Å². The first kappa shape index (κ1) is 13.2. The molecule has 0 spiro atoms. The van der Waals surface area contributed by atoms with Crippen LogP contribution in [0.2, 0.25) is 0 Å². The highest BCUT2D eigenvalue weighted by Gasteiger charge is 1.98. The zero-order valence-corrected chi connectivity index (χ0v) is 12.2. The molecule has 0 bridgehead atoms. The summed E-state index contributed by atoms with van der Waals surface area (Å²) < 4.78 is 1.02. The fraction of sp³-hybridized carbons (Fsp3) is 0.0667. The lowest BCUT2D eigenvalue weighted by Gasteiger charge is -2.03. The summed E-state index contributed by atoms with van der Waals surface area (Å²) in [5.74, 6) is 0.917. The molecule has 0 aliphatic rings. The van der Waals surface area contributed by atoms with E-state index in [1.165, 1.54) is 5.56 Å². The Morgan fingerprint density at radius 2 is 1.89 bits per heavy atom. The van der Waals surface area contributed by atoms with Gasteiger partial charge >= 0.3 is 0 Å². The monoisotopic (exact) mass is 319 g/mol. The highest BCUT2D eigenvalue weighted by Crippen LogP contribution is 2.27. The van der Waals surface area contributed by atoms with Crippen molar-refractivity contribution in [3.8, 4) is 0 Å². The molecule has 1 nitrogen and oxygen atoms in total. The van der Waals surface area contributed by atoms with Crippen molar-refractivity contribution in [3.63, 3.8) is 0 Å². The Kier molecular flexibility index (Phi) is 4.90. The Morgan fingerprint density at radius 1 is 1.11 bits per heavy atom. The van der Waals surface area contributed by atoms with Crippen LogP contribution < -0.4 is 5.73 Å². The number of hydrogen-bond acceptors (Lipinski definition) is 2. The molecule has 0 heterocycles. The molecule has 2 N–H and O–H groups in total. The number of nitrogen functional groups attached to an aromatic ring is 1. The zero-order chi connectivity index (χ0) is 12.8. The first-order valence-corrected chi connectivity index (χ1v) is 7.43. The van der Waals surface area contributed by atoms with Gasteiger partial charge < -0.3 is 5.73 Å². The van der Waals surface area contributed by atoms with Gasteiger partial charge in [0.25, 0.3) is 0 Å². The van der Waals surface area contributed by atoms with Crippen molar-refractivity contribution >= 4 is 39.5 Å². The molecule has 0 fully saturated rings. The van der Waals surface area contributed by atoms with Gasteiger partial charge in [-0.05, 0) is 23.8 Å². The molecule has 3 heteroatoms. The molecule has 2 aromatic carbocycles. The van der Waals surface area contributed by atoms with Gasteiger partial charge in [0, 0.05) is 20.8 Å². The summed E-state index contributed by atoms with van der Waals surface area (Å²) in [6, 6.07) is 16.3. The lowest BCUT2D eigenvalue weighted by atomic mass is 10.2. The third-order valence-corrected chi connectivity index (χ3v) is 3.95. The van der Waals surface area contributed by atoms with Crippen LogP contribution in [0.4, 0.5) is 5.69 Å². The van der Waals surface area contributed by atoms with Gasteiger partial charge in [-0.1, -0.05) is 58.4 Å². The van der Waals surface area contributed by atoms with Crippen LogP contribution in [-0.2, 0) is 0 Å². The average Bonchev–Trinajstić information content (AvgIpc) is 2.38. The normalized spacial score (nSPS) is 10.9. The molecular formula is C15H14BrNS. The van der Waals surface area contributed by atoms with Crippen molar-refractivity contribution in [2.24, 2.45) is 0 Å². The fourth-order valence-corrected chi connectivity index (χ4v) is 2.68. The Hall–Kier alpha value is -1.19. The molecule has 0 saturated heterocycles. The predicted molar refractivity (Wildman–Crippen MR) is 84.8 cm³/mol. The van der Waals surface area contributed by atoms with Gasteiger partial charge in [-0.15, -0.1) is 11.8 Å². The molecule has 2 rings (SSSR count). The van der Waals surface area contributed by atoms with Gasteiger partial charge in [-0.2, -0.15) is 0 Å². The highest BCUT2D eigenvalue weighted by atomic mass is 79.9. The first-order chi connectivity index (χ1) is 8.75. The van der Waals surface area contributed by atoms with Gasteiger partial charge in [0.05, 0.1) is 0 Å². The van der Waals surface area contributed by atoms with Crippen LogP contribution in [0.5, 0.6) is 0 Å². The Balaban J connectivity index is 1.91. The quantitative estimate of drug-likeness (QED) is 0.644. The second kappa shape index (κ2) is 6.66. The first-order valence-electron chi connectivity index (χ1n) is 5.65. The van der Waals surface area contributed by atoms with Gasteiger partial charge in [0.2, 0.25) is 0 Å². The molecule has 0 unspecified atom stereocenters. The number of benzene rings is 2. The summed E-state index contributed by atoms with van der Waals surface area (Å²) in [6.45, 7) is 0. The molecular weight excluding hydrogens is 306 g/mol. The number of thioether (sulfide) groups is 1. The number of nitrogens with two attached hydrogens (primary N) is 1. The van der Waals surface area contributed by atoms with Crippen LogP contribution in [0, 0.1) is 0 Å². The number of halogens is 1. The van der Waals surface area contributed by atoms with Gasteiger partial charge in [-0.25, -0.2) is 0 Å². The fourth-order valence-electron chi connectivity index (χ4n) is 1.54. The second-order valence-corrected chi connectivity index (χ2v) is 5.78. The maximum atomic E-state index is 5.94. The van der Waals surface area contributed by atoms with Crippen LogP contribution >= 0.6 is 27.7 Å². The van der Waals surface area contributed by atoms with Gasteiger partial charge in [-0.3, -0.25) is 0 Å². The van der Waals surface area contributed by atoms with Crippen LogP contribution in [0.1, 0.15) is 5.56 Å². The smallest absolute Gasteiger partial charge is 0.0463 e. The summed E-state index contributed by atoms with van der Waals surface area (Å²) in [4.78, 5) is 1.12. The molecule has 0 atom stereocenters. The molecule has 2 aromatic rings. The minimum absolute atomic E-state index is 0.822. The minimum Gasteiger partial charge on any atom is -0.398 e. The Bertz CT molecular complexity index is 537. The standard InChI is InChI=1S/C15H14BrNS/c16-13-8-9-15(14(17)11-13)18-10-4-7-12-5-2-1-3-6-12/h1-9,11H,10,17H2/b7-4+. The lowest BCUT2D eigenvalue weighted by Crippen LogP contribution is -1.88. The van der Waals surface area contributed by atoms with Crippen molar-refractivity contribution in [1.29, 1.82) is 0 Å². The zero-order valence-electron chi connectivity index (χ0n) is 9.84. The Morgan fingerprint density at radius 3 is 2.61 bits per heavy atom. The van der Waals surface area contributed by atoms with Crippen LogP contribution in [0.15, 0.2) is 64.0 Å². The van der Waals surface area contributed by atoms with Crippen molar-refractivity contribution in [1.82, 2.24) is 0 Å². The molecule has 92 valence electrons. The van der Waals surface area contributed by atoms with E-state index in [2.05, 4.69) is 40.2 Å². The van der Waals surface area contributed by atoms with E-state index in [9.17, 15) is 0 Å². The number of hydrogen-bond donors (Lipinski definition) is 1. The van der Waals surface area contributed by atoms with Crippen LogP contribution in [-0.4, -0.2) is 5.75 Å². The van der Waals surface area contributed by atoms with Crippen molar-refractivity contribution in [3.05, 3.63) is 64.6 Å². The van der Waals surface area contributed by atoms with E-state index < -0.39 is 0 Å². The van der Waals surface area contributed by atoms with E-state index in [0.717, 1.165) is 20.8 Å². The molecule has 0 aromatic heterocycles. The van der Waals surface area contributed by atoms with E-state index in [-0.39, 0.29) is 0 Å².